The first-order valence-corrected chi connectivity index (χ1v) is 8.04. The summed E-state index contributed by atoms with van der Waals surface area (Å²) in [6.45, 7) is 2.09. The van der Waals surface area contributed by atoms with Gasteiger partial charge in [0.05, 0.1) is 12.5 Å². The van der Waals surface area contributed by atoms with Crippen LogP contribution in [-0.2, 0) is 16.6 Å². The first kappa shape index (κ1) is 17.1. The third-order valence-electron chi connectivity index (χ3n) is 4.36. The van der Waals surface area contributed by atoms with Gasteiger partial charge in [0, 0.05) is 0 Å². The smallest absolute Gasteiger partial charge is 0.314 e. The van der Waals surface area contributed by atoms with Crippen molar-refractivity contribution in [2.75, 3.05) is 7.11 Å². The molecule has 0 aliphatic heterocycles. The highest BCUT2D eigenvalue weighted by Crippen LogP contribution is 2.35. The van der Waals surface area contributed by atoms with E-state index in [4.69, 9.17) is 4.74 Å². The molecule has 23 heavy (non-hydrogen) atoms. The molecule has 0 unspecified atom stereocenters. The summed E-state index contributed by atoms with van der Waals surface area (Å²) in [4.78, 5) is 12.3. The number of hydrogen-bond acceptors (Lipinski definition) is 2. The van der Waals surface area contributed by atoms with Crippen LogP contribution >= 0.6 is 0 Å². The molecule has 0 aliphatic rings. The number of unbranched alkanes of at least 4 members (excludes halogenated alkanes) is 1. The van der Waals surface area contributed by atoms with Gasteiger partial charge < -0.3 is 9.84 Å². The Labute approximate surface area is 137 Å². The van der Waals surface area contributed by atoms with Gasteiger partial charge in [-0.05, 0) is 36.1 Å². The SMILES string of the molecule is CCCC[C@](Cc1ccccc1)(C(=O)O)c1ccc(OC)cc1. The van der Waals surface area contributed by atoms with Gasteiger partial charge in [-0.3, -0.25) is 4.79 Å². The van der Waals surface area contributed by atoms with Crippen LogP contribution in [0.4, 0.5) is 0 Å². The minimum atomic E-state index is -0.899. The third-order valence-corrected chi connectivity index (χ3v) is 4.36. The molecule has 0 fully saturated rings. The zero-order valence-electron chi connectivity index (χ0n) is 13.8. The second kappa shape index (κ2) is 7.82. The molecule has 0 radical (unpaired) electrons. The molecule has 2 rings (SSSR count). The van der Waals surface area contributed by atoms with Gasteiger partial charge in [-0.2, -0.15) is 0 Å². The highest BCUT2D eigenvalue weighted by atomic mass is 16.5. The van der Waals surface area contributed by atoms with Gasteiger partial charge >= 0.3 is 5.97 Å². The molecule has 0 heterocycles. The van der Waals surface area contributed by atoms with Gasteiger partial charge in [0.15, 0.2) is 0 Å². The molecule has 0 saturated carbocycles. The van der Waals surface area contributed by atoms with Crippen LogP contribution in [0.5, 0.6) is 5.75 Å². The molecule has 3 heteroatoms. The molecule has 0 aliphatic carbocycles. The van der Waals surface area contributed by atoms with Crippen LogP contribution in [0.15, 0.2) is 54.6 Å². The highest BCUT2D eigenvalue weighted by molar-refractivity contribution is 5.82. The van der Waals surface area contributed by atoms with Crippen molar-refractivity contribution in [3.05, 3.63) is 65.7 Å². The van der Waals surface area contributed by atoms with E-state index >= 15 is 0 Å². The standard InChI is InChI=1S/C20H24O3/c1-3-4-14-20(19(21)22,15-16-8-6-5-7-9-16)17-10-12-18(23-2)13-11-17/h5-13H,3-4,14-15H2,1-2H3,(H,21,22)/t20-/m1/s1. The van der Waals surface area contributed by atoms with Gasteiger partial charge in [0.2, 0.25) is 0 Å². The lowest BCUT2D eigenvalue weighted by Crippen LogP contribution is -2.38. The van der Waals surface area contributed by atoms with E-state index in [-0.39, 0.29) is 0 Å². The summed E-state index contributed by atoms with van der Waals surface area (Å²) in [5, 5.41) is 10.1. The van der Waals surface area contributed by atoms with Crippen LogP contribution in [0.2, 0.25) is 0 Å². The average Bonchev–Trinajstić information content (AvgIpc) is 2.59. The molecule has 2 aromatic rings. The fourth-order valence-electron chi connectivity index (χ4n) is 2.97. The minimum absolute atomic E-state index is 0.496. The van der Waals surface area contributed by atoms with E-state index in [9.17, 15) is 9.90 Å². The molecule has 122 valence electrons. The van der Waals surface area contributed by atoms with Crippen LogP contribution in [0.1, 0.15) is 37.3 Å². The molecule has 0 spiro atoms. The number of carboxylic acids is 1. The predicted octanol–water partition coefficient (Wildman–Crippen LogP) is 4.45. The van der Waals surface area contributed by atoms with E-state index < -0.39 is 11.4 Å². The number of carbonyl (C=O) groups is 1. The zero-order chi connectivity index (χ0) is 16.7. The van der Waals surface area contributed by atoms with Gasteiger partial charge in [0.1, 0.15) is 5.75 Å². The molecule has 0 bridgehead atoms. The van der Waals surface area contributed by atoms with Crippen molar-refractivity contribution in [3.8, 4) is 5.75 Å². The van der Waals surface area contributed by atoms with Crippen molar-refractivity contribution >= 4 is 5.97 Å². The second-order valence-electron chi connectivity index (χ2n) is 5.88. The fraction of sp³-hybridized carbons (Fsp3) is 0.350. The minimum Gasteiger partial charge on any atom is -0.497 e. The van der Waals surface area contributed by atoms with Crippen molar-refractivity contribution in [1.29, 1.82) is 0 Å². The molecule has 1 atom stereocenters. The Morgan fingerprint density at radius 2 is 1.74 bits per heavy atom. The Morgan fingerprint density at radius 3 is 2.26 bits per heavy atom. The topological polar surface area (TPSA) is 46.5 Å². The number of methoxy groups -OCH3 is 1. The van der Waals surface area contributed by atoms with E-state index in [0.29, 0.717) is 12.8 Å². The van der Waals surface area contributed by atoms with Crippen LogP contribution in [0.3, 0.4) is 0 Å². The quantitative estimate of drug-likeness (QED) is 0.783. The average molecular weight is 312 g/mol. The Morgan fingerprint density at radius 1 is 1.09 bits per heavy atom. The third kappa shape index (κ3) is 3.92. The van der Waals surface area contributed by atoms with Crippen LogP contribution in [0.25, 0.3) is 0 Å². The Hall–Kier alpha value is -2.29. The van der Waals surface area contributed by atoms with Crippen molar-refractivity contribution < 1.29 is 14.6 Å². The van der Waals surface area contributed by atoms with E-state index in [0.717, 1.165) is 29.7 Å². The highest BCUT2D eigenvalue weighted by Gasteiger charge is 2.39. The monoisotopic (exact) mass is 312 g/mol. The normalized spacial score (nSPS) is 13.3. The summed E-state index contributed by atoms with van der Waals surface area (Å²) >= 11 is 0. The maximum atomic E-state index is 12.3. The molecule has 3 nitrogen and oxygen atoms in total. The second-order valence-corrected chi connectivity index (χ2v) is 5.88. The maximum Gasteiger partial charge on any atom is 0.314 e. The molecule has 0 aromatic heterocycles. The van der Waals surface area contributed by atoms with Crippen molar-refractivity contribution in [3.63, 3.8) is 0 Å². The largest absolute Gasteiger partial charge is 0.497 e. The number of hydrogen-bond donors (Lipinski definition) is 1. The molecule has 0 amide bonds. The molecule has 0 saturated heterocycles. The Balaban J connectivity index is 2.44. The lowest BCUT2D eigenvalue weighted by Gasteiger charge is -2.30. The Bertz CT molecular complexity index is 619. The van der Waals surface area contributed by atoms with Gasteiger partial charge in [0.25, 0.3) is 0 Å². The van der Waals surface area contributed by atoms with Gasteiger partial charge in [-0.1, -0.05) is 62.2 Å². The summed E-state index contributed by atoms with van der Waals surface area (Å²) in [6.07, 6.45) is 2.97. The molecule has 1 N–H and O–H groups in total. The summed E-state index contributed by atoms with van der Waals surface area (Å²) in [5.41, 5.74) is 0.980. The summed E-state index contributed by atoms with van der Waals surface area (Å²) in [5.74, 6) is -0.0248. The molecule has 2 aromatic carbocycles. The number of aliphatic carboxylic acids is 1. The number of ether oxygens (including phenoxy) is 1. The zero-order valence-corrected chi connectivity index (χ0v) is 13.8. The maximum absolute atomic E-state index is 12.3. The number of rotatable bonds is 8. The van der Waals surface area contributed by atoms with Crippen LogP contribution < -0.4 is 4.74 Å². The van der Waals surface area contributed by atoms with E-state index in [2.05, 4.69) is 6.92 Å². The number of carboxylic acid groups (broad SMARTS) is 1. The van der Waals surface area contributed by atoms with E-state index in [1.54, 1.807) is 7.11 Å². The van der Waals surface area contributed by atoms with E-state index in [1.165, 1.54) is 0 Å². The summed E-state index contributed by atoms with van der Waals surface area (Å²) in [7, 11) is 1.61. The van der Waals surface area contributed by atoms with Crippen molar-refractivity contribution in [2.24, 2.45) is 0 Å². The predicted molar refractivity (Wildman–Crippen MR) is 92.0 cm³/mol. The Kier molecular flexibility index (Phi) is 5.80. The van der Waals surface area contributed by atoms with Crippen LogP contribution in [-0.4, -0.2) is 18.2 Å². The lowest BCUT2D eigenvalue weighted by molar-refractivity contribution is -0.144. The lowest BCUT2D eigenvalue weighted by atomic mass is 9.72. The summed E-state index contributed by atoms with van der Waals surface area (Å²) in [6, 6.07) is 17.3. The van der Waals surface area contributed by atoms with Crippen LogP contribution in [0, 0.1) is 0 Å². The van der Waals surface area contributed by atoms with Crippen molar-refractivity contribution in [1.82, 2.24) is 0 Å². The number of benzene rings is 2. The summed E-state index contributed by atoms with van der Waals surface area (Å²) < 4.78 is 5.19. The van der Waals surface area contributed by atoms with Crippen molar-refractivity contribution in [2.45, 2.75) is 38.0 Å². The van der Waals surface area contributed by atoms with E-state index in [1.807, 2.05) is 54.6 Å². The molecular weight excluding hydrogens is 288 g/mol. The first-order valence-electron chi connectivity index (χ1n) is 8.04. The van der Waals surface area contributed by atoms with Gasteiger partial charge in [-0.25, -0.2) is 0 Å². The van der Waals surface area contributed by atoms with Gasteiger partial charge in [-0.15, -0.1) is 0 Å². The fourth-order valence-corrected chi connectivity index (χ4v) is 2.97. The molecular formula is C20H24O3. The first-order chi connectivity index (χ1) is 11.1.